The number of nitro groups is 1. The van der Waals surface area contributed by atoms with Gasteiger partial charge in [0.05, 0.1) is 17.6 Å². The summed E-state index contributed by atoms with van der Waals surface area (Å²) >= 11 is 0.906. The molecule has 2 aromatic rings. The van der Waals surface area contributed by atoms with E-state index in [1.54, 1.807) is 4.90 Å². The van der Waals surface area contributed by atoms with Gasteiger partial charge in [-0.15, -0.1) is 0 Å². The van der Waals surface area contributed by atoms with E-state index < -0.39 is 4.92 Å². The molecular weight excluding hydrogens is 444 g/mol. The molecule has 2 aliphatic rings. The molecule has 2 aliphatic heterocycles. The number of anilines is 1. The third-order valence-electron chi connectivity index (χ3n) is 6.79. The molecule has 1 spiro atoms. The van der Waals surface area contributed by atoms with Gasteiger partial charge in [-0.2, -0.15) is 0 Å². The second kappa shape index (κ2) is 9.01. The molecule has 0 radical (unpaired) electrons. The van der Waals surface area contributed by atoms with E-state index in [4.69, 9.17) is 4.74 Å². The predicted molar refractivity (Wildman–Crippen MR) is 126 cm³/mol. The van der Waals surface area contributed by atoms with Gasteiger partial charge in [0.2, 0.25) is 5.75 Å². The quantitative estimate of drug-likeness (QED) is 0.523. The van der Waals surface area contributed by atoms with Gasteiger partial charge < -0.3 is 19.9 Å². The zero-order valence-electron chi connectivity index (χ0n) is 19.1. The van der Waals surface area contributed by atoms with E-state index in [1.807, 2.05) is 36.9 Å². The van der Waals surface area contributed by atoms with Crippen molar-refractivity contribution < 1.29 is 19.2 Å². The number of nitrogens with zero attached hydrogens (tertiary/aromatic N) is 3. The first-order valence-electron chi connectivity index (χ1n) is 11.0. The Bertz CT molecular complexity index is 1090. The van der Waals surface area contributed by atoms with Crippen molar-refractivity contribution in [3.05, 3.63) is 50.4 Å². The molecule has 1 aromatic heterocycles. The van der Waals surface area contributed by atoms with Gasteiger partial charge in [0.15, 0.2) is 0 Å². The van der Waals surface area contributed by atoms with Crippen LogP contribution in [0.5, 0.6) is 5.75 Å². The lowest BCUT2D eigenvalue weighted by Crippen LogP contribution is -2.46. The van der Waals surface area contributed by atoms with Crippen molar-refractivity contribution in [3.63, 3.8) is 0 Å². The summed E-state index contributed by atoms with van der Waals surface area (Å²) in [6, 6.07) is 5.85. The Morgan fingerprint density at radius 1 is 1.15 bits per heavy atom. The second-order valence-corrected chi connectivity index (χ2v) is 9.82. The molecule has 2 fully saturated rings. The van der Waals surface area contributed by atoms with Gasteiger partial charge >= 0.3 is 11.0 Å². The van der Waals surface area contributed by atoms with Crippen LogP contribution in [0.25, 0.3) is 0 Å². The molecule has 0 bridgehead atoms. The number of nitrogens with one attached hydrogen (secondary N) is 1. The number of aryl methyl sites for hydroxylation is 2. The van der Waals surface area contributed by atoms with Crippen LogP contribution in [0.15, 0.2) is 23.6 Å². The minimum Gasteiger partial charge on any atom is -0.489 e. The lowest BCUT2D eigenvalue weighted by atomic mass is 9.78. The van der Waals surface area contributed by atoms with Crippen molar-refractivity contribution in [1.82, 2.24) is 9.80 Å². The number of piperidine rings is 1. The van der Waals surface area contributed by atoms with E-state index in [1.165, 1.54) is 12.5 Å². The van der Waals surface area contributed by atoms with E-state index in [2.05, 4.69) is 5.32 Å². The summed E-state index contributed by atoms with van der Waals surface area (Å²) in [6.45, 7) is 6.45. The summed E-state index contributed by atoms with van der Waals surface area (Å²) < 4.78 is 5.17. The van der Waals surface area contributed by atoms with Crippen molar-refractivity contribution in [2.24, 2.45) is 5.41 Å². The van der Waals surface area contributed by atoms with Gasteiger partial charge in [-0.3, -0.25) is 14.9 Å². The maximum absolute atomic E-state index is 13.1. The fourth-order valence-corrected chi connectivity index (χ4v) is 5.65. The molecule has 4 rings (SSSR count). The van der Waals surface area contributed by atoms with E-state index >= 15 is 0 Å². The molecular formula is C23H28N4O5S. The number of carbonyl (C=O) groups is 2. The first kappa shape index (κ1) is 23.0. The zero-order valence-corrected chi connectivity index (χ0v) is 19.9. The van der Waals surface area contributed by atoms with Gasteiger partial charge in [0.1, 0.15) is 0 Å². The average molecular weight is 473 g/mol. The van der Waals surface area contributed by atoms with Crippen molar-refractivity contribution in [2.45, 2.75) is 33.1 Å². The molecule has 1 aromatic carbocycles. The summed E-state index contributed by atoms with van der Waals surface area (Å²) in [5.41, 5.74) is 3.23. The van der Waals surface area contributed by atoms with Gasteiger partial charge in [-0.1, -0.05) is 29.0 Å². The van der Waals surface area contributed by atoms with Crippen LogP contribution >= 0.6 is 11.3 Å². The summed E-state index contributed by atoms with van der Waals surface area (Å²) in [4.78, 5) is 40.1. The zero-order chi connectivity index (χ0) is 23.8. The number of benzene rings is 1. The van der Waals surface area contributed by atoms with Crippen LogP contribution in [-0.4, -0.2) is 60.0 Å². The Morgan fingerprint density at radius 3 is 2.42 bits per heavy atom. The third-order valence-corrected chi connectivity index (χ3v) is 7.70. The molecule has 3 amide bonds. The van der Waals surface area contributed by atoms with E-state index in [0.717, 1.165) is 47.4 Å². The number of likely N-dealkylation sites (tertiary alicyclic amines) is 2. The highest BCUT2D eigenvalue weighted by Gasteiger charge is 2.44. The Morgan fingerprint density at radius 2 is 1.82 bits per heavy atom. The predicted octanol–water partition coefficient (Wildman–Crippen LogP) is 4.44. The monoisotopic (exact) mass is 472 g/mol. The molecule has 0 aliphatic carbocycles. The molecule has 3 heterocycles. The number of carbonyl (C=O) groups excluding carboxylic acids is 2. The van der Waals surface area contributed by atoms with Crippen LogP contribution in [0.1, 0.15) is 40.7 Å². The molecule has 10 heteroatoms. The molecule has 33 heavy (non-hydrogen) atoms. The van der Waals surface area contributed by atoms with Crippen molar-refractivity contribution in [3.8, 4) is 5.75 Å². The minimum atomic E-state index is -0.523. The van der Waals surface area contributed by atoms with Crippen molar-refractivity contribution in [1.29, 1.82) is 0 Å². The normalized spacial score (nSPS) is 17.3. The van der Waals surface area contributed by atoms with Crippen LogP contribution in [0.3, 0.4) is 0 Å². The van der Waals surface area contributed by atoms with E-state index in [9.17, 15) is 19.7 Å². The summed E-state index contributed by atoms with van der Waals surface area (Å²) in [7, 11) is 1.34. The van der Waals surface area contributed by atoms with Crippen molar-refractivity contribution >= 4 is 34.0 Å². The van der Waals surface area contributed by atoms with Crippen LogP contribution in [-0.2, 0) is 0 Å². The van der Waals surface area contributed by atoms with Crippen LogP contribution in [0, 0.1) is 29.4 Å². The average Bonchev–Trinajstić information content (AvgIpc) is 3.40. The fraction of sp³-hybridized carbons (Fsp3) is 0.478. The largest absolute Gasteiger partial charge is 0.489 e. The SMILES string of the molecule is COc1c(C(=O)N2CCC3(CCN(C(=O)Nc4ccc(C)cc4C)CC3)C2)csc1[N+](=O)[O-]. The number of amides is 3. The highest BCUT2D eigenvalue weighted by Crippen LogP contribution is 2.43. The van der Waals surface area contributed by atoms with Crippen LogP contribution in [0.4, 0.5) is 15.5 Å². The first-order valence-corrected chi connectivity index (χ1v) is 11.8. The maximum atomic E-state index is 13.1. The minimum absolute atomic E-state index is 0.0264. The number of hydrogen-bond acceptors (Lipinski definition) is 6. The fourth-order valence-electron chi connectivity index (χ4n) is 4.83. The summed E-state index contributed by atoms with van der Waals surface area (Å²) in [6.07, 6.45) is 2.50. The van der Waals surface area contributed by atoms with E-state index in [0.29, 0.717) is 26.2 Å². The molecule has 176 valence electrons. The lowest BCUT2D eigenvalue weighted by Gasteiger charge is -2.39. The summed E-state index contributed by atoms with van der Waals surface area (Å²) in [5, 5.41) is 15.6. The number of urea groups is 1. The highest BCUT2D eigenvalue weighted by molar-refractivity contribution is 7.14. The van der Waals surface area contributed by atoms with Gasteiger partial charge in [-0.05, 0) is 50.2 Å². The Labute approximate surface area is 196 Å². The van der Waals surface area contributed by atoms with Crippen LogP contribution in [0.2, 0.25) is 0 Å². The number of rotatable bonds is 4. The Kier molecular flexibility index (Phi) is 6.29. The lowest BCUT2D eigenvalue weighted by molar-refractivity contribution is -0.381. The standard InChI is InChI=1S/C23H28N4O5S/c1-15-4-5-18(16(2)12-15)24-22(29)25-9-6-23(7-10-25)8-11-26(14-23)20(28)17-13-33-21(27(30)31)19(17)32-3/h4-5,12-13H,6-11,14H2,1-3H3,(H,24,29). The highest BCUT2D eigenvalue weighted by atomic mass is 32.1. The molecule has 0 unspecified atom stereocenters. The van der Waals surface area contributed by atoms with Crippen LogP contribution < -0.4 is 10.1 Å². The maximum Gasteiger partial charge on any atom is 0.366 e. The number of thiophene rings is 1. The second-order valence-electron chi connectivity index (χ2n) is 8.96. The smallest absolute Gasteiger partial charge is 0.366 e. The van der Waals surface area contributed by atoms with Gasteiger partial charge in [0.25, 0.3) is 5.91 Å². The topological polar surface area (TPSA) is 105 Å². The van der Waals surface area contributed by atoms with Gasteiger partial charge in [0, 0.05) is 37.2 Å². The Hall–Kier alpha value is -3.14. The number of methoxy groups -OCH3 is 1. The molecule has 2 saturated heterocycles. The third kappa shape index (κ3) is 4.52. The molecule has 9 nitrogen and oxygen atoms in total. The van der Waals surface area contributed by atoms with E-state index in [-0.39, 0.29) is 33.7 Å². The number of hydrogen-bond donors (Lipinski definition) is 1. The first-order chi connectivity index (χ1) is 15.7. The van der Waals surface area contributed by atoms with Crippen molar-refractivity contribution in [2.75, 3.05) is 38.6 Å². The Balaban J connectivity index is 1.36. The summed E-state index contributed by atoms with van der Waals surface area (Å²) in [5.74, 6) is -0.197. The molecule has 0 saturated carbocycles. The number of ether oxygens (including phenoxy) is 1. The molecule has 0 atom stereocenters. The molecule has 1 N–H and O–H groups in total. The van der Waals surface area contributed by atoms with Gasteiger partial charge in [-0.25, -0.2) is 4.79 Å².